The van der Waals surface area contributed by atoms with Crippen molar-refractivity contribution in [3.8, 4) is 0 Å². The molecule has 2 heterocycles. The molecule has 0 amide bonds. The van der Waals surface area contributed by atoms with Gasteiger partial charge in [0.15, 0.2) is 0 Å². The van der Waals surface area contributed by atoms with Crippen LogP contribution in [0.1, 0.15) is 25.3 Å². The second-order valence-electron chi connectivity index (χ2n) is 6.12. The number of piperidine rings is 1. The molecule has 106 valence electrons. The highest BCUT2D eigenvalue weighted by Crippen LogP contribution is 2.23. The maximum atomic E-state index is 4.38. The van der Waals surface area contributed by atoms with Gasteiger partial charge in [0.25, 0.3) is 0 Å². The van der Waals surface area contributed by atoms with Gasteiger partial charge in [0.05, 0.1) is 5.52 Å². The number of hydrogen-bond acceptors (Lipinski definition) is 3. The molecule has 1 aromatic carbocycles. The van der Waals surface area contributed by atoms with Gasteiger partial charge in [-0.3, -0.25) is 9.88 Å². The average Bonchev–Trinajstić information content (AvgIpc) is 2.50. The number of hydrogen-bond donors (Lipinski definition) is 1. The number of nitrogens with one attached hydrogen (secondary N) is 1. The molecule has 1 aliphatic heterocycles. The largest absolute Gasteiger partial charge is 0.314 e. The molecule has 0 aliphatic carbocycles. The van der Waals surface area contributed by atoms with Crippen LogP contribution in [0.3, 0.4) is 0 Å². The number of rotatable bonds is 3. The van der Waals surface area contributed by atoms with E-state index in [-0.39, 0.29) is 0 Å². The second kappa shape index (κ2) is 5.51. The third kappa shape index (κ3) is 2.84. The molecule has 0 saturated carbocycles. The molecule has 1 N–H and O–H groups in total. The number of fused-ring (bicyclic) bond motifs is 1. The summed E-state index contributed by atoms with van der Waals surface area (Å²) in [6.45, 7) is 5.71. The Labute approximate surface area is 121 Å². The molecule has 0 unspecified atom stereocenters. The molecule has 0 radical (unpaired) electrons. The minimum atomic E-state index is 0.323. The van der Waals surface area contributed by atoms with Crippen LogP contribution in [0.15, 0.2) is 36.5 Å². The SMILES string of the molecule is CNC1(C)CCN(Cc2ccc3ncccc3c2)CC1. The zero-order valence-electron chi connectivity index (χ0n) is 12.4. The van der Waals surface area contributed by atoms with Crippen LogP contribution in [0.5, 0.6) is 0 Å². The van der Waals surface area contributed by atoms with Crippen molar-refractivity contribution in [1.82, 2.24) is 15.2 Å². The Morgan fingerprint density at radius 1 is 1.25 bits per heavy atom. The van der Waals surface area contributed by atoms with E-state index in [2.05, 4.69) is 53.4 Å². The summed E-state index contributed by atoms with van der Waals surface area (Å²) in [6.07, 6.45) is 4.29. The Balaban J connectivity index is 1.68. The van der Waals surface area contributed by atoms with E-state index in [1.54, 1.807) is 0 Å². The van der Waals surface area contributed by atoms with Gasteiger partial charge in [0, 0.05) is 36.8 Å². The molecule has 3 nitrogen and oxygen atoms in total. The Morgan fingerprint density at radius 2 is 2.05 bits per heavy atom. The van der Waals surface area contributed by atoms with E-state index in [0.717, 1.165) is 12.1 Å². The minimum Gasteiger partial charge on any atom is -0.314 e. The number of pyridine rings is 1. The third-order valence-corrected chi connectivity index (χ3v) is 4.64. The summed E-state index contributed by atoms with van der Waals surface area (Å²) in [5, 5.41) is 4.69. The fourth-order valence-corrected chi connectivity index (χ4v) is 2.94. The zero-order valence-corrected chi connectivity index (χ0v) is 12.4. The van der Waals surface area contributed by atoms with Crippen LogP contribution in [0.25, 0.3) is 10.9 Å². The number of likely N-dealkylation sites (tertiary alicyclic amines) is 1. The van der Waals surface area contributed by atoms with Gasteiger partial charge >= 0.3 is 0 Å². The van der Waals surface area contributed by atoms with Gasteiger partial charge in [-0.15, -0.1) is 0 Å². The van der Waals surface area contributed by atoms with Crippen LogP contribution >= 0.6 is 0 Å². The monoisotopic (exact) mass is 269 g/mol. The summed E-state index contributed by atoms with van der Waals surface area (Å²) in [5.41, 5.74) is 2.79. The van der Waals surface area contributed by atoms with Crippen LogP contribution in [0, 0.1) is 0 Å². The van der Waals surface area contributed by atoms with E-state index in [1.807, 2.05) is 12.3 Å². The number of benzene rings is 1. The number of nitrogens with zero attached hydrogens (tertiary/aromatic N) is 2. The zero-order chi connectivity index (χ0) is 14.0. The lowest BCUT2D eigenvalue weighted by molar-refractivity contribution is 0.146. The first kappa shape index (κ1) is 13.5. The predicted octanol–water partition coefficient (Wildman–Crippen LogP) is 2.81. The van der Waals surface area contributed by atoms with E-state index in [1.165, 1.54) is 36.9 Å². The van der Waals surface area contributed by atoms with E-state index in [0.29, 0.717) is 5.54 Å². The fraction of sp³-hybridized carbons (Fsp3) is 0.471. The summed E-state index contributed by atoms with van der Waals surface area (Å²) in [7, 11) is 2.08. The standard InChI is InChI=1S/C17H23N3/c1-17(18-2)7-10-20(11-8-17)13-14-5-6-16-15(12-14)4-3-9-19-16/h3-6,9,12,18H,7-8,10-11,13H2,1-2H3. The molecule has 20 heavy (non-hydrogen) atoms. The summed E-state index contributed by atoms with van der Waals surface area (Å²) >= 11 is 0. The van der Waals surface area contributed by atoms with Crippen LogP contribution in [0.2, 0.25) is 0 Å². The summed E-state index contributed by atoms with van der Waals surface area (Å²) < 4.78 is 0. The van der Waals surface area contributed by atoms with E-state index in [4.69, 9.17) is 0 Å². The maximum Gasteiger partial charge on any atom is 0.0702 e. The molecule has 3 heteroatoms. The Morgan fingerprint density at radius 3 is 2.80 bits per heavy atom. The van der Waals surface area contributed by atoms with Crippen molar-refractivity contribution in [2.45, 2.75) is 31.8 Å². The summed E-state index contributed by atoms with van der Waals surface area (Å²) in [4.78, 5) is 6.93. The molecule has 1 fully saturated rings. The van der Waals surface area contributed by atoms with Crippen LogP contribution < -0.4 is 5.32 Å². The first-order valence-corrected chi connectivity index (χ1v) is 7.43. The Kier molecular flexibility index (Phi) is 3.72. The Bertz CT molecular complexity index is 586. The quantitative estimate of drug-likeness (QED) is 0.928. The number of aromatic nitrogens is 1. The van der Waals surface area contributed by atoms with E-state index >= 15 is 0 Å². The van der Waals surface area contributed by atoms with Crippen molar-refractivity contribution in [2.24, 2.45) is 0 Å². The summed E-state index contributed by atoms with van der Waals surface area (Å²) in [5.74, 6) is 0. The van der Waals surface area contributed by atoms with Crippen molar-refractivity contribution in [3.63, 3.8) is 0 Å². The molecular formula is C17H23N3. The molecule has 0 atom stereocenters. The normalized spacial score (nSPS) is 19.3. The predicted molar refractivity (Wildman–Crippen MR) is 83.7 cm³/mol. The van der Waals surface area contributed by atoms with Gasteiger partial charge in [-0.25, -0.2) is 0 Å². The van der Waals surface area contributed by atoms with E-state index in [9.17, 15) is 0 Å². The van der Waals surface area contributed by atoms with Crippen LogP contribution in [0.4, 0.5) is 0 Å². The van der Waals surface area contributed by atoms with E-state index < -0.39 is 0 Å². The molecule has 0 bridgehead atoms. The molecule has 0 spiro atoms. The third-order valence-electron chi connectivity index (χ3n) is 4.64. The smallest absolute Gasteiger partial charge is 0.0702 e. The van der Waals surface area contributed by atoms with Crippen molar-refractivity contribution >= 4 is 10.9 Å². The first-order valence-electron chi connectivity index (χ1n) is 7.43. The average molecular weight is 269 g/mol. The molecule has 1 aromatic heterocycles. The highest BCUT2D eigenvalue weighted by molar-refractivity contribution is 5.78. The lowest BCUT2D eigenvalue weighted by Crippen LogP contribution is -2.49. The van der Waals surface area contributed by atoms with Crippen molar-refractivity contribution in [3.05, 3.63) is 42.1 Å². The van der Waals surface area contributed by atoms with Gasteiger partial charge in [0.2, 0.25) is 0 Å². The van der Waals surface area contributed by atoms with Crippen molar-refractivity contribution in [1.29, 1.82) is 0 Å². The van der Waals surface area contributed by atoms with Gasteiger partial charge in [0.1, 0.15) is 0 Å². The summed E-state index contributed by atoms with van der Waals surface area (Å²) in [6, 6.07) is 10.8. The first-order chi connectivity index (χ1) is 9.68. The van der Waals surface area contributed by atoms with Crippen LogP contribution in [-0.2, 0) is 6.54 Å². The fourth-order valence-electron chi connectivity index (χ4n) is 2.94. The Hall–Kier alpha value is -1.45. The minimum absolute atomic E-state index is 0.323. The molecule has 1 saturated heterocycles. The lowest BCUT2D eigenvalue weighted by atomic mass is 9.90. The second-order valence-corrected chi connectivity index (χ2v) is 6.12. The molecule has 1 aliphatic rings. The molecule has 3 rings (SSSR count). The van der Waals surface area contributed by atoms with Gasteiger partial charge in [-0.05, 0) is 50.6 Å². The highest BCUT2D eigenvalue weighted by atomic mass is 15.1. The topological polar surface area (TPSA) is 28.2 Å². The highest BCUT2D eigenvalue weighted by Gasteiger charge is 2.27. The molecule has 2 aromatic rings. The van der Waals surface area contributed by atoms with Crippen molar-refractivity contribution in [2.75, 3.05) is 20.1 Å². The maximum absolute atomic E-state index is 4.38. The molecular weight excluding hydrogens is 246 g/mol. The lowest BCUT2D eigenvalue weighted by Gasteiger charge is -2.39. The van der Waals surface area contributed by atoms with Gasteiger partial charge in [-0.2, -0.15) is 0 Å². The van der Waals surface area contributed by atoms with Gasteiger partial charge < -0.3 is 5.32 Å². The van der Waals surface area contributed by atoms with Crippen LogP contribution in [-0.4, -0.2) is 35.6 Å². The van der Waals surface area contributed by atoms with Gasteiger partial charge in [-0.1, -0.05) is 12.1 Å². The van der Waals surface area contributed by atoms with Crippen molar-refractivity contribution < 1.29 is 0 Å².